The van der Waals surface area contributed by atoms with E-state index in [2.05, 4.69) is 0 Å². The Morgan fingerprint density at radius 1 is 1.33 bits per heavy atom. The SMILES string of the molecule is CCOC(=O)C(N)C(O)c1c(C)cc(C)cc1C. The van der Waals surface area contributed by atoms with Crippen LogP contribution in [-0.2, 0) is 9.53 Å². The summed E-state index contributed by atoms with van der Waals surface area (Å²) in [6.45, 7) is 7.75. The number of rotatable bonds is 4. The molecule has 0 aliphatic heterocycles. The fourth-order valence-corrected chi connectivity index (χ4v) is 2.20. The molecule has 100 valence electrons. The topological polar surface area (TPSA) is 72.5 Å². The van der Waals surface area contributed by atoms with Gasteiger partial charge in [0.25, 0.3) is 0 Å². The molecule has 0 spiro atoms. The fourth-order valence-electron chi connectivity index (χ4n) is 2.20. The highest BCUT2D eigenvalue weighted by Crippen LogP contribution is 2.25. The molecule has 0 fully saturated rings. The summed E-state index contributed by atoms with van der Waals surface area (Å²) in [5, 5.41) is 10.2. The third-order valence-corrected chi connectivity index (χ3v) is 2.93. The fraction of sp³-hybridized carbons (Fsp3) is 0.500. The molecular formula is C14H21NO3. The standard InChI is InChI=1S/C14H21NO3/c1-5-18-14(17)12(15)13(16)11-9(3)6-8(2)7-10(11)4/h6-7,12-13,16H,5,15H2,1-4H3. The normalized spacial score (nSPS) is 14.1. The van der Waals surface area contributed by atoms with Crippen molar-refractivity contribution in [2.45, 2.75) is 39.8 Å². The van der Waals surface area contributed by atoms with Gasteiger partial charge < -0.3 is 15.6 Å². The summed E-state index contributed by atoms with van der Waals surface area (Å²) in [7, 11) is 0. The van der Waals surface area contributed by atoms with Crippen molar-refractivity contribution in [2.24, 2.45) is 5.73 Å². The van der Waals surface area contributed by atoms with Gasteiger partial charge in [0.05, 0.1) is 6.61 Å². The maximum Gasteiger partial charge on any atom is 0.325 e. The molecule has 0 saturated heterocycles. The number of aryl methyl sites for hydroxylation is 3. The lowest BCUT2D eigenvalue weighted by Crippen LogP contribution is -2.38. The zero-order valence-corrected chi connectivity index (χ0v) is 11.4. The Balaban J connectivity index is 3.03. The Kier molecular flexibility index (Phi) is 4.87. The van der Waals surface area contributed by atoms with Crippen molar-refractivity contribution in [3.05, 3.63) is 34.4 Å². The van der Waals surface area contributed by atoms with E-state index in [0.29, 0.717) is 5.56 Å². The van der Waals surface area contributed by atoms with Crippen LogP contribution in [0.1, 0.15) is 35.3 Å². The van der Waals surface area contributed by atoms with Gasteiger partial charge in [0.1, 0.15) is 12.1 Å². The zero-order chi connectivity index (χ0) is 13.9. The number of ether oxygens (including phenoxy) is 1. The van der Waals surface area contributed by atoms with Crippen LogP contribution < -0.4 is 5.73 Å². The molecule has 2 atom stereocenters. The van der Waals surface area contributed by atoms with E-state index in [9.17, 15) is 9.90 Å². The van der Waals surface area contributed by atoms with E-state index in [4.69, 9.17) is 10.5 Å². The van der Waals surface area contributed by atoms with Crippen LogP contribution in [0.2, 0.25) is 0 Å². The lowest BCUT2D eigenvalue weighted by atomic mass is 9.92. The second-order valence-electron chi connectivity index (χ2n) is 4.54. The summed E-state index contributed by atoms with van der Waals surface area (Å²) in [6.07, 6.45) is -1.04. The molecule has 0 aliphatic carbocycles. The van der Waals surface area contributed by atoms with Crippen LogP contribution in [-0.4, -0.2) is 23.7 Å². The van der Waals surface area contributed by atoms with Crippen molar-refractivity contribution in [1.29, 1.82) is 0 Å². The van der Waals surface area contributed by atoms with Gasteiger partial charge in [-0.3, -0.25) is 4.79 Å². The zero-order valence-electron chi connectivity index (χ0n) is 11.4. The summed E-state index contributed by atoms with van der Waals surface area (Å²) < 4.78 is 4.83. The third kappa shape index (κ3) is 3.09. The Morgan fingerprint density at radius 3 is 2.28 bits per heavy atom. The Labute approximate surface area is 108 Å². The molecule has 1 rings (SSSR count). The number of hydrogen-bond acceptors (Lipinski definition) is 4. The lowest BCUT2D eigenvalue weighted by Gasteiger charge is -2.21. The molecule has 18 heavy (non-hydrogen) atoms. The smallest absolute Gasteiger partial charge is 0.325 e. The number of benzene rings is 1. The third-order valence-electron chi connectivity index (χ3n) is 2.93. The minimum atomic E-state index is -1.05. The first-order valence-electron chi connectivity index (χ1n) is 6.06. The van der Waals surface area contributed by atoms with Crippen molar-refractivity contribution in [2.75, 3.05) is 6.61 Å². The highest BCUT2D eigenvalue weighted by atomic mass is 16.5. The van der Waals surface area contributed by atoms with E-state index in [0.717, 1.165) is 16.7 Å². The molecule has 0 aliphatic rings. The quantitative estimate of drug-likeness (QED) is 0.796. The van der Waals surface area contributed by atoms with Gasteiger partial charge in [-0.05, 0) is 44.4 Å². The van der Waals surface area contributed by atoms with Crippen LogP contribution >= 0.6 is 0 Å². The molecule has 4 nitrogen and oxygen atoms in total. The highest BCUT2D eigenvalue weighted by Gasteiger charge is 2.27. The van der Waals surface area contributed by atoms with Crippen LogP contribution in [0.25, 0.3) is 0 Å². The van der Waals surface area contributed by atoms with E-state index in [1.54, 1.807) is 6.92 Å². The van der Waals surface area contributed by atoms with Gasteiger partial charge in [0, 0.05) is 0 Å². The molecule has 0 amide bonds. The Bertz CT molecular complexity index is 420. The molecular weight excluding hydrogens is 230 g/mol. The molecule has 3 N–H and O–H groups in total. The summed E-state index contributed by atoms with van der Waals surface area (Å²) >= 11 is 0. The average molecular weight is 251 g/mol. The molecule has 0 aromatic heterocycles. The molecule has 1 aromatic carbocycles. The number of carbonyl (C=O) groups excluding carboxylic acids is 1. The van der Waals surface area contributed by atoms with Gasteiger partial charge in [-0.2, -0.15) is 0 Å². The number of esters is 1. The van der Waals surface area contributed by atoms with Crippen molar-refractivity contribution in [1.82, 2.24) is 0 Å². The minimum Gasteiger partial charge on any atom is -0.465 e. The Morgan fingerprint density at radius 2 is 1.83 bits per heavy atom. The number of aliphatic hydroxyl groups excluding tert-OH is 1. The van der Waals surface area contributed by atoms with E-state index >= 15 is 0 Å². The van der Waals surface area contributed by atoms with E-state index in [1.165, 1.54) is 0 Å². The van der Waals surface area contributed by atoms with Crippen molar-refractivity contribution in [3.8, 4) is 0 Å². The largest absolute Gasteiger partial charge is 0.465 e. The van der Waals surface area contributed by atoms with Crippen molar-refractivity contribution < 1.29 is 14.6 Å². The molecule has 1 aromatic rings. The van der Waals surface area contributed by atoms with Gasteiger partial charge >= 0.3 is 5.97 Å². The molecule has 0 saturated carbocycles. The predicted molar refractivity (Wildman–Crippen MR) is 70.2 cm³/mol. The lowest BCUT2D eigenvalue weighted by molar-refractivity contribution is -0.147. The first kappa shape index (κ1) is 14.7. The number of nitrogens with two attached hydrogens (primary N) is 1. The van der Waals surface area contributed by atoms with Crippen molar-refractivity contribution >= 4 is 5.97 Å². The molecule has 0 radical (unpaired) electrons. The maximum atomic E-state index is 11.5. The number of carbonyl (C=O) groups is 1. The van der Waals surface area contributed by atoms with E-state index < -0.39 is 18.1 Å². The second kappa shape index (κ2) is 5.98. The van der Waals surface area contributed by atoms with E-state index in [1.807, 2.05) is 32.9 Å². The maximum absolute atomic E-state index is 11.5. The van der Waals surface area contributed by atoms with Crippen LogP contribution in [0, 0.1) is 20.8 Å². The van der Waals surface area contributed by atoms with Gasteiger partial charge in [0.15, 0.2) is 0 Å². The minimum absolute atomic E-state index is 0.255. The molecule has 0 bridgehead atoms. The first-order valence-corrected chi connectivity index (χ1v) is 6.06. The number of hydrogen-bond donors (Lipinski definition) is 2. The monoisotopic (exact) mass is 251 g/mol. The first-order chi connectivity index (χ1) is 8.38. The second-order valence-corrected chi connectivity index (χ2v) is 4.54. The molecule has 2 unspecified atom stereocenters. The van der Waals surface area contributed by atoms with Gasteiger partial charge in [-0.15, -0.1) is 0 Å². The van der Waals surface area contributed by atoms with Gasteiger partial charge in [-0.25, -0.2) is 0 Å². The molecule has 0 heterocycles. The summed E-state index contributed by atoms with van der Waals surface area (Å²) in [5.41, 5.74) is 9.42. The van der Waals surface area contributed by atoms with Gasteiger partial charge in [-0.1, -0.05) is 17.7 Å². The van der Waals surface area contributed by atoms with E-state index in [-0.39, 0.29) is 6.61 Å². The average Bonchev–Trinajstić information content (AvgIpc) is 2.26. The molecule has 4 heteroatoms. The summed E-state index contributed by atoms with van der Waals surface area (Å²) in [4.78, 5) is 11.5. The van der Waals surface area contributed by atoms with Crippen LogP contribution in [0.3, 0.4) is 0 Å². The highest BCUT2D eigenvalue weighted by molar-refractivity contribution is 5.76. The summed E-state index contributed by atoms with van der Waals surface area (Å²) in [6, 6.07) is 2.87. The Hall–Kier alpha value is -1.39. The van der Waals surface area contributed by atoms with Crippen LogP contribution in [0.4, 0.5) is 0 Å². The van der Waals surface area contributed by atoms with Crippen molar-refractivity contribution in [3.63, 3.8) is 0 Å². The van der Waals surface area contributed by atoms with Gasteiger partial charge in [0.2, 0.25) is 0 Å². The summed E-state index contributed by atoms with van der Waals surface area (Å²) in [5.74, 6) is -0.579. The predicted octanol–water partition coefficient (Wildman–Crippen LogP) is 1.54. The van der Waals surface area contributed by atoms with Crippen LogP contribution in [0.15, 0.2) is 12.1 Å². The number of aliphatic hydroxyl groups is 1. The van der Waals surface area contributed by atoms with Crippen LogP contribution in [0.5, 0.6) is 0 Å².